The number of aliphatic imine (C=N–C) groups is 1. The van der Waals surface area contributed by atoms with Gasteiger partial charge in [-0.1, -0.05) is 118 Å². The fraction of sp³-hybridized carbons (Fsp3) is 0.109. The molecule has 0 amide bonds. The summed E-state index contributed by atoms with van der Waals surface area (Å²) in [4.78, 5) is 24.1. The van der Waals surface area contributed by atoms with Crippen LogP contribution in [0.5, 0.6) is 0 Å². The van der Waals surface area contributed by atoms with E-state index in [2.05, 4.69) is 133 Å². The molecule has 3 aromatic heterocycles. The van der Waals surface area contributed by atoms with Crippen molar-refractivity contribution < 1.29 is 33.7 Å². The van der Waals surface area contributed by atoms with Crippen molar-refractivity contribution in [1.29, 1.82) is 0 Å². The van der Waals surface area contributed by atoms with Crippen LogP contribution in [0.1, 0.15) is 50.7 Å². The average Bonchev–Trinajstić information content (AvgIpc) is 3.88. The third kappa shape index (κ3) is 8.58. The molecule has 0 bridgehead atoms. The summed E-state index contributed by atoms with van der Waals surface area (Å²) in [6.45, 7) is 9.04. The average molecular weight is 1000 g/mol. The third-order valence-corrected chi connectivity index (χ3v) is 11.1. The number of carbonyl (C=O) groups excluding carboxylic acids is 1. The van der Waals surface area contributed by atoms with Crippen molar-refractivity contribution in [2.24, 2.45) is 4.99 Å². The molecule has 3 heterocycles. The van der Waals surface area contributed by atoms with Gasteiger partial charge < -0.3 is 14.0 Å². The molecule has 0 atom stereocenters. The zero-order valence-corrected chi connectivity index (χ0v) is 37.5. The Morgan fingerprint density at radius 1 is 0.698 bits per heavy atom. The van der Waals surface area contributed by atoms with Crippen LogP contribution in [0.4, 0.5) is 10.1 Å². The van der Waals surface area contributed by atoms with E-state index in [4.69, 9.17) is 9.40 Å². The molecular weight excluding hydrogens is 960 g/mol. The Balaban J connectivity index is 0.000000333. The Morgan fingerprint density at radius 3 is 2.05 bits per heavy atom. The number of benzene rings is 7. The first-order chi connectivity index (χ1) is 30.3. The number of pyridine rings is 1. The summed E-state index contributed by atoms with van der Waals surface area (Å²) in [6.07, 6.45) is 3.33. The van der Waals surface area contributed by atoms with Crippen molar-refractivity contribution in [3.05, 3.63) is 193 Å². The normalized spacial score (nSPS) is 11.1. The molecular formula is C55H41FIrN4O2-2. The van der Waals surface area contributed by atoms with E-state index >= 15 is 0 Å². The van der Waals surface area contributed by atoms with E-state index in [0.717, 1.165) is 50.1 Å². The number of hydrogen-bond acceptors (Lipinski definition) is 5. The fourth-order valence-corrected chi connectivity index (χ4v) is 8.00. The number of furan rings is 1. The standard InChI is InChI=1S/C44H34N3O2.C11H7FN.Ir/c1-27(2)37-23-32(31-19-17-30(18-20-31)29-11-6-5-7-12-29)24-38(28(3)4)42(37)47-40-16-9-8-15-39(40)46-44(47)36-14-10-13-35-34-22-21-33(45-26-48)25-41(34)49-43(35)36;12-10-6-4-9(5-7-10)11-3-1-2-8-13-11;/h5-13,15-25,27-28H,1-4H3;1-4,6-8H;/q2*-1;. The topological polar surface area (TPSA) is 73.3 Å². The summed E-state index contributed by atoms with van der Waals surface area (Å²) < 4.78 is 21.4. The van der Waals surface area contributed by atoms with Gasteiger partial charge >= 0.3 is 0 Å². The zero-order valence-electron chi connectivity index (χ0n) is 35.1. The van der Waals surface area contributed by atoms with E-state index in [1.807, 2.05) is 48.5 Å². The summed E-state index contributed by atoms with van der Waals surface area (Å²) in [7, 11) is 0. The number of aromatic nitrogens is 3. The first-order valence-electron chi connectivity index (χ1n) is 20.6. The van der Waals surface area contributed by atoms with Gasteiger partial charge in [0.2, 0.25) is 6.08 Å². The van der Waals surface area contributed by atoms with Gasteiger partial charge in [-0.3, -0.25) is 9.37 Å². The number of rotatable bonds is 8. The Labute approximate surface area is 379 Å². The summed E-state index contributed by atoms with van der Waals surface area (Å²) in [5.41, 5.74) is 14.5. The van der Waals surface area contributed by atoms with Crippen LogP contribution in [0.3, 0.4) is 0 Å². The number of fused-ring (bicyclic) bond motifs is 4. The van der Waals surface area contributed by atoms with Gasteiger partial charge in [0.1, 0.15) is 5.58 Å². The van der Waals surface area contributed by atoms with Gasteiger partial charge in [-0.2, -0.15) is 4.99 Å². The second kappa shape index (κ2) is 18.5. The first kappa shape index (κ1) is 42.6. The van der Waals surface area contributed by atoms with Crippen molar-refractivity contribution >= 4 is 44.7 Å². The van der Waals surface area contributed by atoms with Gasteiger partial charge in [-0.05, 0) is 93.4 Å². The Hall–Kier alpha value is -7.08. The van der Waals surface area contributed by atoms with Crippen molar-refractivity contribution in [3.8, 4) is 50.6 Å². The number of hydrogen-bond donors (Lipinski definition) is 0. The number of para-hydroxylation sites is 2. The molecule has 6 nitrogen and oxygen atoms in total. The molecule has 1 radical (unpaired) electrons. The van der Waals surface area contributed by atoms with E-state index in [9.17, 15) is 9.18 Å². The van der Waals surface area contributed by atoms with Crippen molar-refractivity contribution in [2.75, 3.05) is 0 Å². The molecule has 0 fully saturated rings. The number of halogens is 1. The van der Waals surface area contributed by atoms with E-state index in [1.165, 1.54) is 45.5 Å². The predicted octanol–water partition coefficient (Wildman–Crippen LogP) is 14.6. The molecule has 0 unspecified atom stereocenters. The van der Waals surface area contributed by atoms with Crippen molar-refractivity contribution in [2.45, 2.75) is 39.5 Å². The van der Waals surface area contributed by atoms with Crippen LogP contribution in [0.25, 0.3) is 83.6 Å². The molecule has 0 N–H and O–H groups in total. The van der Waals surface area contributed by atoms with E-state index in [0.29, 0.717) is 16.9 Å². The molecule has 0 aliphatic heterocycles. The number of nitrogens with zero attached hydrogens (tertiary/aromatic N) is 4. The Kier molecular flexibility index (Phi) is 12.5. The predicted molar refractivity (Wildman–Crippen MR) is 248 cm³/mol. The molecule has 63 heavy (non-hydrogen) atoms. The zero-order chi connectivity index (χ0) is 42.7. The molecule has 0 spiro atoms. The van der Waals surface area contributed by atoms with Gasteiger partial charge in [0, 0.05) is 49.3 Å². The van der Waals surface area contributed by atoms with E-state index < -0.39 is 0 Å². The summed E-state index contributed by atoms with van der Waals surface area (Å²) >= 11 is 0. The van der Waals surface area contributed by atoms with Crippen LogP contribution in [0, 0.1) is 17.9 Å². The molecule has 10 rings (SSSR count). The quantitative estimate of drug-likeness (QED) is 0.0864. The summed E-state index contributed by atoms with van der Waals surface area (Å²) in [5, 5.41) is 1.89. The van der Waals surface area contributed by atoms with Crippen LogP contribution in [-0.2, 0) is 24.9 Å². The van der Waals surface area contributed by atoms with Gasteiger partial charge in [0.15, 0.2) is 0 Å². The second-order valence-corrected chi connectivity index (χ2v) is 15.7. The van der Waals surface area contributed by atoms with Gasteiger partial charge in [-0.15, -0.1) is 48.0 Å². The Morgan fingerprint density at radius 2 is 1.38 bits per heavy atom. The van der Waals surface area contributed by atoms with Crippen LogP contribution < -0.4 is 0 Å². The molecule has 0 saturated heterocycles. The van der Waals surface area contributed by atoms with Gasteiger partial charge in [0.25, 0.3) is 0 Å². The van der Waals surface area contributed by atoms with Crippen LogP contribution in [0.15, 0.2) is 173 Å². The summed E-state index contributed by atoms with van der Waals surface area (Å²) in [5.74, 6) is 0.945. The molecule has 8 heteroatoms. The molecule has 10 aromatic rings. The molecule has 7 aromatic carbocycles. The molecule has 0 saturated carbocycles. The van der Waals surface area contributed by atoms with E-state index in [-0.39, 0.29) is 37.8 Å². The molecule has 0 aliphatic carbocycles. The SMILES string of the molecule is CC(C)c1cc(-c2ccc(-c3ccccc3)cc2)cc(C(C)C)c1-n1c(-c2[c-]ccc3c2oc2cc(N=C=O)ccc23)nc2ccccc21.Fc1c[c-]c(-c2ccccn2)cc1.[Ir]. The number of imidazole rings is 1. The minimum atomic E-state index is -0.278. The maximum Gasteiger partial charge on any atom is 0.240 e. The smallest absolute Gasteiger partial charge is 0.240 e. The number of isocyanates is 1. The third-order valence-electron chi connectivity index (χ3n) is 11.1. The largest absolute Gasteiger partial charge is 0.500 e. The fourth-order valence-electron chi connectivity index (χ4n) is 8.00. The molecule has 0 aliphatic rings. The van der Waals surface area contributed by atoms with Gasteiger partial charge in [0.05, 0.1) is 28.1 Å². The van der Waals surface area contributed by atoms with Gasteiger partial charge in [-0.25, -0.2) is 4.79 Å². The first-order valence-corrected chi connectivity index (χ1v) is 20.6. The minimum Gasteiger partial charge on any atom is -0.500 e. The minimum absolute atomic E-state index is 0. The molecule has 311 valence electrons. The summed E-state index contributed by atoms with van der Waals surface area (Å²) in [6, 6.07) is 58.1. The maximum atomic E-state index is 12.6. The van der Waals surface area contributed by atoms with Crippen LogP contribution >= 0.6 is 0 Å². The Bertz CT molecular complexity index is 3210. The van der Waals surface area contributed by atoms with Crippen molar-refractivity contribution in [1.82, 2.24) is 14.5 Å². The van der Waals surface area contributed by atoms with E-state index in [1.54, 1.807) is 30.5 Å². The van der Waals surface area contributed by atoms with Crippen molar-refractivity contribution in [3.63, 3.8) is 0 Å². The maximum absolute atomic E-state index is 12.6. The van der Waals surface area contributed by atoms with Crippen LogP contribution in [0.2, 0.25) is 0 Å². The monoisotopic (exact) mass is 1000 g/mol. The second-order valence-electron chi connectivity index (χ2n) is 15.7. The van der Waals surface area contributed by atoms with Crippen LogP contribution in [-0.4, -0.2) is 20.6 Å².